The molecule has 4 nitrogen and oxygen atoms in total. The third kappa shape index (κ3) is 2.67. The van der Waals surface area contributed by atoms with Gasteiger partial charge < -0.3 is 14.2 Å². The Morgan fingerprint density at radius 2 is 1.78 bits per heavy atom. The van der Waals surface area contributed by atoms with Crippen LogP contribution in [0.3, 0.4) is 0 Å². The van der Waals surface area contributed by atoms with E-state index in [0.717, 1.165) is 0 Å². The molecule has 0 fully saturated rings. The molecule has 0 aliphatic heterocycles. The van der Waals surface area contributed by atoms with Crippen LogP contribution in [0.2, 0.25) is 0 Å². The molecule has 0 N–H and O–H groups in total. The minimum Gasteiger partial charge on any atom is -0.495 e. The number of Topliss-reactive ketones (excluding diaryl/α,β-unsaturated/α-hetero) is 1. The van der Waals surface area contributed by atoms with Crippen LogP contribution in [-0.4, -0.2) is 32.7 Å². The largest absolute Gasteiger partial charge is 0.495 e. The molecule has 1 rings (SSSR count). The van der Waals surface area contributed by atoms with E-state index in [2.05, 4.69) is 15.9 Å². The van der Waals surface area contributed by atoms with Gasteiger partial charge >= 0.3 is 0 Å². The van der Waals surface area contributed by atoms with Crippen molar-refractivity contribution in [2.24, 2.45) is 0 Å². The number of hydrogen-bond donors (Lipinski definition) is 0. The summed E-state index contributed by atoms with van der Waals surface area (Å²) in [5.74, 6) is 0.910. The fourth-order valence-electron chi connectivity index (χ4n) is 1.49. The van der Waals surface area contributed by atoms with Gasteiger partial charge in [0.05, 0.1) is 19.8 Å². The number of carbonyl (C=O) groups is 1. The first-order chi connectivity index (χ1) is 8.38. The zero-order valence-corrected chi connectivity index (χ0v) is 12.8. The fraction of sp³-hybridized carbons (Fsp3) is 0.462. The molecule has 0 amide bonds. The molecule has 1 aromatic carbocycles. The Bertz CT molecular complexity index is 455. The monoisotopic (exact) mass is 316 g/mol. The van der Waals surface area contributed by atoms with Gasteiger partial charge in [-0.05, 0) is 41.9 Å². The Labute approximate surface area is 115 Å². The van der Waals surface area contributed by atoms with E-state index in [1.54, 1.807) is 33.1 Å². The molecule has 0 atom stereocenters. The Kier molecular flexibility index (Phi) is 4.76. The molecule has 0 aliphatic carbocycles. The van der Waals surface area contributed by atoms with E-state index >= 15 is 0 Å². The number of rotatable bonds is 5. The lowest BCUT2D eigenvalue weighted by Gasteiger charge is -2.23. The number of methoxy groups -OCH3 is 3. The molecule has 0 radical (unpaired) electrons. The zero-order chi connectivity index (χ0) is 13.9. The molecule has 0 spiro atoms. The first-order valence-electron chi connectivity index (χ1n) is 5.39. The standard InChI is InChI=1S/C13H17BrO4/c1-13(2,18-5)12(15)8-6-7-9(16-3)10(14)11(8)17-4/h6-7H,1-5H3. The van der Waals surface area contributed by atoms with Crippen molar-refractivity contribution in [3.8, 4) is 11.5 Å². The molecule has 0 unspecified atom stereocenters. The van der Waals surface area contributed by atoms with Crippen molar-refractivity contribution < 1.29 is 19.0 Å². The molecule has 0 saturated carbocycles. The summed E-state index contributed by atoms with van der Waals surface area (Å²) in [4.78, 5) is 12.4. The van der Waals surface area contributed by atoms with Gasteiger partial charge in [0.2, 0.25) is 0 Å². The Morgan fingerprint density at radius 1 is 1.17 bits per heavy atom. The van der Waals surface area contributed by atoms with Crippen molar-refractivity contribution in [3.63, 3.8) is 0 Å². The van der Waals surface area contributed by atoms with E-state index in [-0.39, 0.29) is 5.78 Å². The summed E-state index contributed by atoms with van der Waals surface area (Å²) in [6.07, 6.45) is 0. The Morgan fingerprint density at radius 3 is 2.22 bits per heavy atom. The smallest absolute Gasteiger partial charge is 0.197 e. The summed E-state index contributed by atoms with van der Waals surface area (Å²) in [7, 11) is 4.57. The number of carbonyl (C=O) groups excluding carboxylic acids is 1. The molecule has 18 heavy (non-hydrogen) atoms. The number of hydrogen-bond acceptors (Lipinski definition) is 4. The topological polar surface area (TPSA) is 44.8 Å². The van der Waals surface area contributed by atoms with Crippen LogP contribution < -0.4 is 9.47 Å². The van der Waals surface area contributed by atoms with Crippen LogP contribution in [0.1, 0.15) is 24.2 Å². The predicted molar refractivity (Wildman–Crippen MR) is 72.7 cm³/mol. The maximum Gasteiger partial charge on any atom is 0.197 e. The van der Waals surface area contributed by atoms with Crippen molar-refractivity contribution >= 4 is 21.7 Å². The molecule has 0 heterocycles. The van der Waals surface area contributed by atoms with Crippen LogP contribution in [0, 0.1) is 0 Å². The lowest BCUT2D eigenvalue weighted by atomic mass is 9.95. The third-order valence-electron chi connectivity index (χ3n) is 2.79. The van der Waals surface area contributed by atoms with Crippen LogP contribution in [0.4, 0.5) is 0 Å². The van der Waals surface area contributed by atoms with Crippen molar-refractivity contribution in [2.45, 2.75) is 19.4 Å². The molecule has 0 aliphatic rings. The number of halogens is 1. The summed E-state index contributed by atoms with van der Waals surface area (Å²) >= 11 is 3.37. The van der Waals surface area contributed by atoms with Crippen molar-refractivity contribution in [1.29, 1.82) is 0 Å². The van der Waals surface area contributed by atoms with Crippen LogP contribution in [0.25, 0.3) is 0 Å². The Balaban J connectivity index is 3.34. The SMILES string of the molecule is COc1ccc(C(=O)C(C)(C)OC)c(OC)c1Br. The van der Waals surface area contributed by atoms with Crippen molar-refractivity contribution in [1.82, 2.24) is 0 Å². The van der Waals surface area contributed by atoms with Crippen molar-refractivity contribution in [3.05, 3.63) is 22.2 Å². The summed E-state index contributed by atoms with van der Waals surface area (Å²) in [6.45, 7) is 3.43. The minimum absolute atomic E-state index is 0.148. The number of benzene rings is 1. The van der Waals surface area contributed by atoms with Crippen LogP contribution >= 0.6 is 15.9 Å². The second-order valence-corrected chi connectivity index (χ2v) is 5.00. The highest BCUT2D eigenvalue weighted by Crippen LogP contribution is 2.38. The highest BCUT2D eigenvalue weighted by Gasteiger charge is 2.31. The molecule has 0 saturated heterocycles. The highest BCUT2D eigenvalue weighted by atomic mass is 79.9. The average molecular weight is 317 g/mol. The molecular formula is C13H17BrO4. The van der Waals surface area contributed by atoms with Gasteiger partial charge in [-0.1, -0.05) is 0 Å². The first kappa shape index (κ1) is 15.0. The molecule has 0 bridgehead atoms. The van der Waals surface area contributed by atoms with Gasteiger partial charge in [-0.15, -0.1) is 0 Å². The lowest BCUT2D eigenvalue weighted by Crippen LogP contribution is -2.34. The summed E-state index contributed by atoms with van der Waals surface area (Å²) in [6, 6.07) is 3.39. The predicted octanol–water partition coefficient (Wildman–Crippen LogP) is 3.07. The van der Waals surface area contributed by atoms with Gasteiger partial charge in [0.15, 0.2) is 5.78 Å². The lowest BCUT2D eigenvalue weighted by molar-refractivity contribution is 0.0225. The van der Waals surface area contributed by atoms with Crippen LogP contribution in [0.5, 0.6) is 11.5 Å². The maximum atomic E-state index is 12.4. The second-order valence-electron chi connectivity index (χ2n) is 4.21. The number of ether oxygens (including phenoxy) is 3. The van der Waals surface area contributed by atoms with E-state index < -0.39 is 5.60 Å². The molecule has 1 aromatic rings. The van der Waals surface area contributed by atoms with Gasteiger partial charge in [0.25, 0.3) is 0 Å². The summed E-state index contributed by atoms with van der Waals surface area (Å²) in [5, 5.41) is 0. The molecule has 100 valence electrons. The normalized spacial score (nSPS) is 11.2. The van der Waals surface area contributed by atoms with Gasteiger partial charge in [0, 0.05) is 7.11 Å². The van der Waals surface area contributed by atoms with Crippen molar-refractivity contribution in [2.75, 3.05) is 21.3 Å². The quantitative estimate of drug-likeness (QED) is 0.783. The molecule has 0 aromatic heterocycles. The van der Waals surface area contributed by atoms with Gasteiger partial charge in [-0.25, -0.2) is 0 Å². The average Bonchev–Trinajstić information content (AvgIpc) is 2.37. The fourth-order valence-corrected chi connectivity index (χ4v) is 2.16. The van der Waals surface area contributed by atoms with E-state index in [1.807, 2.05) is 0 Å². The van der Waals surface area contributed by atoms with Gasteiger partial charge in [-0.2, -0.15) is 0 Å². The van der Waals surface area contributed by atoms with Crippen LogP contribution in [0.15, 0.2) is 16.6 Å². The number of ketones is 1. The van der Waals surface area contributed by atoms with E-state index in [9.17, 15) is 4.79 Å². The maximum absolute atomic E-state index is 12.4. The van der Waals surface area contributed by atoms with Crippen LogP contribution in [-0.2, 0) is 4.74 Å². The third-order valence-corrected chi connectivity index (χ3v) is 3.54. The molecule has 5 heteroatoms. The first-order valence-corrected chi connectivity index (χ1v) is 6.18. The Hall–Kier alpha value is -1.07. The zero-order valence-electron chi connectivity index (χ0n) is 11.2. The molecular weight excluding hydrogens is 300 g/mol. The van der Waals surface area contributed by atoms with Gasteiger partial charge in [0.1, 0.15) is 21.6 Å². The second kappa shape index (κ2) is 5.71. The minimum atomic E-state index is -0.901. The van der Waals surface area contributed by atoms with E-state index in [0.29, 0.717) is 21.5 Å². The van der Waals surface area contributed by atoms with Gasteiger partial charge in [-0.3, -0.25) is 4.79 Å². The summed E-state index contributed by atoms with van der Waals surface area (Å²) in [5.41, 5.74) is -0.446. The summed E-state index contributed by atoms with van der Waals surface area (Å²) < 4.78 is 16.3. The van der Waals surface area contributed by atoms with E-state index in [1.165, 1.54) is 14.2 Å². The van der Waals surface area contributed by atoms with E-state index in [4.69, 9.17) is 14.2 Å². The highest BCUT2D eigenvalue weighted by molar-refractivity contribution is 9.10.